The maximum Gasteiger partial charge on any atom is 0.185 e. The van der Waals surface area contributed by atoms with Gasteiger partial charge in [-0.1, -0.05) is 17.7 Å². The van der Waals surface area contributed by atoms with Crippen LogP contribution in [0, 0.1) is 0 Å². The Morgan fingerprint density at radius 1 is 1.47 bits per heavy atom. The molecule has 2 rings (SSSR count). The minimum atomic E-state index is 0.0652. The number of nitrogen functional groups attached to an aromatic ring is 1. The minimum Gasteiger partial charge on any atom is -0.384 e. The van der Waals surface area contributed by atoms with Crippen LogP contribution in [0.25, 0.3) is 0 Å². The summed E-state index contributed by atoms with van der Waals surface area (Å²) in [5, 5.41) is 0. The maximum absolute atomic E-state index is 11.8. The van der Waals surface area contributed by atoms with E-state index in [1.165, 1.54) is 12.0 Å². The molecule has 3 heteroatoms. The van der Waals surface area contributed by atoms with E-state index in [1.54, 1.807) is 18.2 Å². The zero-order chi connectivity index (χ0) is 10.7. The summed E-state index contributed by atoms with van der Waals surface area (Å²) < 4.78 is 0. The topological polar surface area (TPSA) is 56.0 Å². The summed E-state index contributed by atoms with van der Waals surface area (Å²) in [4.78, 5) is 15.8. The van der Waals surface area contributed by atoms with Crippen LogP contribution in [0.4, 0.5) is 5.82 Å². The number of Topliss-reactive ketones (excluding diaryl/α,β-unsaturated/α-hetero) is 1. The molecule has 3 nitrogen and oxygen atoms in total. The summed E-state index contributed by atoms with van der Waals surface area (Å²) in [6.07, 6.45) is 5.98. The van der Waals surface area contributed by atoms with Crippen LogP contribution in [0.3, 0.4) is 0 Å². The molecule has 15 heavy (non-hydrogen) atoms. The van der Waals surface area contributed by atoms with E-state index >= 15 is 0 Å². The van der Waals surface area contributed by atoms with Gasteiger partial charge in [-0.25, -0.2) is 4.98 Å². The Hall–Kier alpha value is -1.64. The first kappa shape index (κ1) is 9.90. The standard InChI is InChI=1S/C12H14N2O/c13-12-7-3-6-10(14-12)11(15)8-9-4-1-2-5-9/h3-4,6-7H,1-2,5,8H2,(H2,13,14). The molecule has 0 bridgehead atoms. The Bertz CT molecular complexity index is 410. The van der Waals surface area contributed by atoms with Crippen LogP contribution in [0.2, 0.25) is 0 Å². The van der Waals surface area contributed by atoms with Crippen molar-refractivity contribution in [1.29, 1.82) is 0 Å². The molecule has 1 heterocycles. The molecule has 1 aliphatic rings. The van der Waals surface area contributed by atoms with Crippen LogP contribution in [0.1, 0.15) is 36.2 Å². The number of carbonyl (C=O) groups excluding carboxylic acids is 1. The first-order valence-electron chi connectivity index (χ1n) is 5.19. The van der Waals surface area contributed by atoms with Crippen LogP contribution in [0.5, 0.6) is 0 Å². The zero-order valence-electron chi connectivity index (χ0n) is 8.57. The van der Waals surface area contributed by atoms with Crippen LogP contribution >= 0.6 is 0 Å². The molecule has 2 N–H and O–H groups in total. The second-order valence-electron chi connectivity index (χ2n) is 3.80. The SMILES string of the molecule is Nc1cccc(C(=O)CC2=CCCC2)n1. The molecule has 0 atom stereocenters. The molecule has 0 spiro atoms. The van der Waals surface area contributed by atoms with Crippen LogP contribution in [0.15, 0.2) is 29.8 Å². The van der Waals surface area contributed by atoms with Gasteiger partial charge in [0.1, 0.15) is 11.5 Å². The van der Waals surface area contributed by atoms with E-state index in [4.69, 9.17) is 5.73 Å². The number of carbonyl (C=O) groups is 1. The lowest BCUT2D eigenvalue weighted by atomic mass is 10.1. The Labute approximate surface area is 89.0 Å². The molecule has 0 aromatic carbocycles. The number of hydrogen-bond acceptors (Lipinski definition) is 3. The van der Waals surface area contributed by atoms with E-state index in [1.807, 2.05) is 0 Å². The van der Waals surface area contributed by atoms with Gasteiger partial charge >= 0.3 is 0 Å². The molecule has 1 aromatic heterocycles. The highest BCUT2D eigenvalue weighted by molar-refractivity contribution is 5.96. The average Bonchev–Trinajstić information content (AvgIpc) is 2.70. The first-order chi connectivity index (χ1) is 7.25. The van der Waals surface area contributed by atoms with E-state index < -0.39 is 0 Å². The van der Waals surface area contributed by atoms with Crippen molar-refractivity contribution in [1.82, 2.24) is 4.98 Å². The number of allylic oxidation sites excluding steroid dienone is 2. The van der Waals surface area contributed by atoms with E-state index in [0.29, 0.717) is 17.9 Å². The number of hydrogen-bond donors (Lipinski definition) is 1. The largest absolute Gasteiger partial charge is 0.384 e. The fourth-order valence-corrected chi connectivity index (χ4v) is 1.80. The fourth-order valence-electron chi connectivity index (χ4n) is 1.80. The van der Waals surface area contributed by atoms with Gasteiger partial charge in [0, 0.05) is 6.42 Å². The highest BCUT2D eigenvalue weighted by Gasteiger charge is 2.12. The average molecular weight is 202 g/mol. The van der Waals surface area contributed by atoms with Gasteiger partial charge in [0.25, 0.3) is 0 Å². The molecule has 0 radical (unpaired) electrons. The highest BCUT2D eigenvalue weighted by Crippen LogP contribution is 2.22. The van der Waals surface area contributed by atoms with Gasteiger partial charge in [0.15, 0.2) is 5.78 Å². The smallest absolute Gasteiger partial charge is 0.185 e. The molecule has 0 saturated carbocycles. The zero-order valence-corrected chi connectivity index (χ0v) is 8.57. The molecule has 1 aliphatic carbocycles. The summed E-state index contributed by atoms with van der Waals surface area (Å²) in [5.74, 6) is 0.469. The maximum atomic E-state index is 11.8. The molecule has 78 valence electrons. The molecule has 1 aromatic rings. The summed E-state index contributed by atoms with van der Waals surface area (Å²) in [7, 11) is 0. The highest BCUT2D eigenvalue weighted by atomic mass is 16.1. The van der Waals surface area contributed by atoms with Crippen molar-refractivity contribution in [2.24, 2.45) is 0 Å². The van der Waals surface area contributed by atoms with Crippen molar-refractivity contribution < 1.29 is 4.79 Å². The summed E-state index contributed by atoms with van der Waals surface area (Å²) in [5.41, 5.74) is 7.24. The van der Waals surface area contributed by atoms with Crippen molar-refractivity contribution in [2.45, 2.75) is 25.7 Å². The van der Waals surface area contributed by atoms with Gasteiger partial charge in [-0.2, -0.15) is 0 Å². The summed E-state index contributed by atoms with van der Waals surface area (Å²) >= 11 is 0. The third-order valence-corrected chi connectivity index (χ3v) is 2.58. The lowest BCUT2D eigenvalue weighted by molar-refractivity contribution is 0.0987. The van der Waals surface area contributed by atoms with Crippen LogP contribution in [-0.2, 0) is 0 Å². The molecule has 0 amide bonds. The van der Waals surface area contributed by atoms with E-state index in [-0.39, 0.29) is 5.78 Å². The Morgan fingerprint density at radius 2 is 2.33 bits per heavy atom. The normalized spacial score (nSPS) is 15.1. The van der Waals surface area contributed by atoms with Crippen molar-refractivity contribution in [2.75, 3.05) is 5.73 Å². The number of aromatic nitrogens is 1. The third kappa shape index (κ3) is 2.43. The molecule has 0 fully saturated rings. The number of anilines is 1. The molecular formula is C12H14N2O. The number of nitrogens with zero attached hydrogens (tertiary/aromatic N) is 1. The van der Waals surface area contributed by atoms with Gasteiger partial charge in [-0.05, 0) is 31.4 Å². The van der Waals surface area contributed by atoms with Gasteiger partial charge in [-0.3, -0.25) is 4.79 Å². The lowest BCUT2D eigenvalue weighted by Crippen LogP contribution is -2.04. The fraction of sp³-hybridized carbons (Fsp3) is 0.333. The van der Waals surface area contributed by atoms with Crippen molar-refractivity contribution in [3.63, 3.8) is 0 Å². The molecular weight excluding hydrogens is 188 g/mol. The molecule has 0 unspecified atom stereocenters. The van der Waals surface area contributed by atoms with Crippen molar-refractivity contribution >= 4 is 11.6 Å². The van der Waals surface area contributed by atoms with Crippen molar-refractivity contribution in [3.05, 3.63) is 35.5 Å². The van der Waals surface area contributed by atoms with E-state index in [2.05, 4.69) is 11.1 Å². The Balaban J connectivity index is 2.07. The first-order valence-corrected chi connectivity index (χ1v) is 5.19. The predicted molar refractivity (Wildman–Crippen MR) is 59.5 cm³/mol. The summed E-state index contributed by atoms with van der Waals surface area (Å²) in [6.45, 7) is 0. The Kier molecular flexibility index (Phi) is 2.81. The lowest BCUT2D eigenvalue weighted by Gasteiger charge is -2.01. The number of ketones is 1. The quantitative estimate of drug-likeness (QED) is 0.604. The molecule has 0 saturated heterocycles. The van der Waals surface area contributed by atoms with Gasteiger partial charge in [0.05, 0.1) is 0 Å². The van der Waals surface area contributed by atoms with E-state index in [0.717, 1.165) is 12.8 Å². The third-order valence-electron chi connectivity index (χ3n) is 2.58. The van der Waals surface area contributed by atoms with Crippen LogP contribution in [-0.4, -0.2) is 10.8 Å². The number of nitrogens with two attached hydrogens (primary N) is 1. The molecule has 0 aliphatic heterocycles. The van der Waals surface area contributed by atoms with Crippen molar-refractivity contribution in [3.8, 4) is 0 Å². The second-order valence-corrected chi connectivity index (χ2v) is 3.80. The minimum absolute atomic E-state index is 0.0652. The van der Waals surface area contributed by atoms with E-state index in [9.17, 15) is 4.79 Å². The monoisotopic (exact) mass is 202 g/mol. The number of rotatable bonds is 3. The van der Waals surface area contributed by atoms with Crippen LogP contribution < -0.4 is 5.73 Å². The van der Waals surface area contributed by atoms with Gasteiger partial charge in [0.2, 0.25) is 0 Å². The van der Waals surface area contributed by atoms with Gasteiger partial charge < -0.3 is 5.73 Å². The Morgan fingerprint density at radius 3 is 3.00 bits per heavy atom. The second kappa shape index (κ2) is 4.26. The predicted octanol–water partition coefficient (Wildman–Crippen LogP) is 2.35. The van der Waals surface area contributed by atoms with Gasteiger partial charge in [-0.15, -0.1) is 0 Å². The number of pyridine rings is 1. The summed E-state index contributed by atoms with van der Waals surface area (Å²) in [6, 6.07) is 5.17.